The van der Waals surface area contributed by atoms with E-state index in [1.54, 1.807) is 0 Å². The summed E-state index contributed by atoms with van der Waals surface area (Å²) in [4.78, 5) is 0. The topological polar surface area (TPSA) is 57.2 Å². The summed E-state index contributed by atoms with van der Waals surface area (Å²) in [6.07, 6.45) is 1.64. The van der Waals surface area contributed by atoms with Crippen LogP contribution in [0.1, 0.15) is 6.42 Å². The first kappa shape index (κ1) is 12.3. The Morgan fingerprint density at radius 1 is 1.56 bits per heavy atom. The third kappa shape index (κ3) is 12.0. The first-order valence-corrected chi connectivity index (χ1v) is 3.68. The maximum Gasteiger partial charge on any atom is 1.00 e. The van der Waals surface area contributed by atoms with Crippen molar-refractivity contribution in [2.75, 3.05) is 5.75 Å². The summed E-state index contributed by atoms with van der Waals surface area (Å²) in [6.45, 7) is 3.26. The van der Waals surface area contributed by atoms with Gasteiger partial charge < -0.3 is 4.55 Å². The minimum absolute atomic E-state index is 0. The summed E-state index contributed by atoms with van der Waals surface area (Å²) in [5.41, 5.74) is 0. The third-order valence-corrected chi connectivity index (χ3v) is 1.31. The quantitative estimate of drug-likeness (QED) is 0.252. The molecule has 48 valence electrons. The van der Waals surface area contributed by atoms with E-state index in [1.165, 1.54) is 6.08 Å². The van der Waals surface area contributed by atoms with Gasteiger partial charge in [-0.05, 0) is 6.42 Å². The molecule has 0 bridgehead atoms. The van der Waals surface area contributed by atoms with Crippen molar-refractivity contribution in [3.05, 3.63) is 12.7 Å². The Morgan fingerprint density at radius 2 is 2.00 bits per heavy atom. The van der Waals surface area contributed by atoms with Gasteiger partial charge in [0.2, 0.25) is 0 Å². The smallest absolute Gasteiger partial charge is 0.748 e. The fourth-order valence-electron chi connectivity index (χ4n) is 0.228. The van der Waals surface area contributed by atoms with E-state index in [9.17, 15) is 13.0 Å². The molecule has 0 atom stereocenters. The maximum absolute atomic E-state index is 9.79. The second-order valence-corrected chi connectivity index (χ2v) is 2.86. The number of allylic oxidation sites excluding steroid dienone is 1. The van der Waals surface area contributed by atoms with E-state index in [2.05, 4.69) is 6.58 Å². The van der Waals surface area contributed by atoms with Crippen LogP contribution in [0.3, 0.4) is 0 Å². The molecule has 0 saturated carbocycles. The van der Waals surface area contributed by atoms with Crippen LogP contribution in [0, 0.1) is 0 Å². The second kappa shape index (κ2) is 5.44. The minimum atomic E-state index is -4.01. The van der Waals surface area contributed by atoms with E-state index in [0.717, 1.165) is 0 Å². The average molecular weight is 158 g/mol. The molecule has 0 aliphatic rings. The van der Waals surface area contributed by atoms with Crippen LogP contribution in [0.5, 0.6) is 0 Å². The van der Waals surface area contributed by atoms with Crippen LogP contribution in [0.25, 0.3) is 0 Å². The molecule has 0 rings (SSSR count). The van der Waals surface area contributed by atoms with Crippen LogP contribution in [0.4, 0.5) is 0 Å². The molecule has 3 nitrogen and oxygen atoms in total. The molecule has 0 N–H and O–H groups in total. The molecule has 0 aliphatic carbocycles. The molecule has 5 heteroatoms. The summed E-state index contributed by atoms with van der Waals surface area (Å²) >= 11 is 0. The van der Waals surface area contributed by atoms with Crippen LogP contribution in [0.2, 0.25) is 0 Å². The zero-order valence-corrected chi connectivity index (χ0v) is 8.15. The van der Waals surface area contributed by atoms with Gasteiger partial charge in [-0.1, -0.05) is 6.08 Å². The van der Waals surface area contributed by atoms with Crippen LogP contribution in [-0.2, 0) is 10.1 Å². The Kier molecular flexibility index (Phi) is 7.45. The van der Waals surface area contributed by atoms with E-state index in [0.29, 0.717) is 0 Å². The minimum Gasteiger partial charge on any atom is -0.748 e. The normalized spacial score (nSPS) is 9.89. The molecule has 0 amide bonds. The summed E-state index contributed by atoms with van der Waals surface area (Å²) in [5.74, 6) is -0.337. The molecule has 0 unspecified atom stereocenters. The van der Waals surface area contributed by atoms with Crippen molar-refractivity contribution in [1.29, 1.82) is 0 Å². The Morgan fingerprint density at radius 3 is 2.11 bits per heavy atom. The largest absolute Gasteiger partial charge is 1.00 e. The summed E-state index contributed by atoms with van der Waals surface area (Å²) in [6, 6.07) is 0. The Bertz CT molecular complexity index is 161. The fraction of sp³-hybridized carbons (Fsp3) is 0.500. The summed E-state index contributed by atoms with van der Waals surface area (Å²) in [5, 5.41) is 0. The molecule has 0 saturated heterocycles. The Labute approximate surface area is 77.2 Å². The number of hydrogen-bond acceptors (Lipinski definition) is 3. The van der Waals surface area contributed by atoms with E-state index in [4.69, 9.17) is 0 Å². The second-order valence-electron chi connectivity index (χ2n) is 1.34. The SMILES string of the molecule is C=CCCS(=O)(=O)[O-].[Na+]. The van der Waals surface area contributed by atoms with Gasteiger partial charge >= 0.3 is 29.6 Å². The van der Waals surface area contributed by atoms with Crippen molar-refractivity contribution < 1.29 is 42.5 Å². The molecule has 0 fully saturated rings. The van der Waals surface area contributed by atoms with Gasteiger partial charge in [-0.3, -0.25) is 0 Å². The number of rotatable bonds is 3. The summed E-state index contributed by atoms with van der Waals surface area (Å²) < 4.78 is 29.4. The Balaban J connectivity index is 0. The predicted molar refractivity (Wildman–Crippen MR) is 29.4 cm³/mol. The first-order valence-electron chi connectivity index (χ1n) is 2.11. The van der Waals surface area contributed by atoms with Crippen LogP contribution >= 0.6 is 0 Å². The van der Waals surface area contributed by atoms with E-state index < -0.39 is 10.1 Å². The van der Waals surface area contributed by atoms with Crippen molar-refractivity contribution in [1.82, 2.24) is 0 Å². The van der Waals surface area contributed by atoms with Crippen molar-refractivity contribution in [3.8, 4) is 0 Å². The van der Waals surface area contributed by atoms with Gasteiger partial charge in [-0.2, -0.15) is 0 Å². The molecule has 0 aromatic rings. The predicted octanol–water partition coefficient (Wildman–Crippen LogP) is -2.89. The van der Waals surface area contributed by atoms with Gasteiger partial charge in [0.1, 0.15) is 0 Å². The molecule has 9 heavy (non-hydrogen) atoms. The molecule has 0 aromatic heterocycles. The van der Waals surface area contributed by atoms with Crippen molar-refractivity contribution in [2.24, 2.45) is 0 Å². The zero-order valence-electron chi connectivity index (χ0n) is 5.33. The molecule has 0 aromatic carbocycles. The standard InChI is InChI=1S/C4H8O3S.Na/c1-2-3-4-8(5,6)7;/h2H,1,3-4H2,(H,5,6,7);/q;+1/p-1. The van der Waals surface area contributed by atoms with Crippen molar-refractivity contribution >= 4 is 10.1 Å². The molecule has 0 heterocycles. The van der Waals surface area contributed by atoms with E-state index in [-0.39, 0.29) is 41.7 Å². The van der Waals surface area contributed by atoms with Gasteiger partial charge in [0.05, 0.1) is 10.1 Å². The monoisotopic (exact) mass is 158 g/mol. The molecular weight excluding hydrogens is 151 g/mol. The first-order chi connectivity index (χ1) is 3.56. The molecule has 0 spiro atoms. The van der Waals surface area contributed by atoms with Gasteiger partial charge in [0, 0.05) is 5.75 Å². The van der Waals surface area contributed by atoms with Crippen LogP contribution < -0.4 is 29.6 Å². The molecule has 0 aliphatic heterocycles. The third-order valence-electron chi connectivity index (χ3n) is 0.572. The average Bonchev–Trinajstić information content (AvgIpc) is 1.59. The Hall–Kier alpha value is 0.650. The van der Waals surface area contributed by atoms with Crippen LogP contribution in [-0.4, -0.2) is 18.7 Å². The van der Waals surface area contributed by atoms with Crippen molar-refractivity contribution in [2.45, 2.75) is 6.42 Å². The van der Waals surface area contributed by atoms with Gasteiger partial charge in [-0.15, -0.1) is 6.58 Å². The zero-order chi connectivity index (χ0) is 6.62. The molecular formula is C4H7NaO3S. The van der Waals surface area contributed by atoms with Gasteiger partial charge in [0.25, 0.3) is 0 Å². The summed E-state index contributed by atoms with van der Waals surface area (Å²) in [7, 11) is -4.01. The van der Waals surface area contributed by atoms with Gasteiger partial charge in [0.15, 0.2) is 0 Å². The van der Waals surface area contributed by atoms with E-state index >= 15 is 0 Å². The van der Waals surface area contributed by atoms with Crippen LogP contribution in [0.15, 0.2) is 12.7 Å². The van der Waals surface area contributed by atoms with Crippen molar-refractivity contribution in [3.63, 3.8) is 0 Å². The number of hydrogen-bond donors (Lipinski definition) is 0. The maximum atomic E-state index is 9.79. The molecule has 0 radical (unpaired) electrons. The fourth-order valence-corrected chi connectivity index (χ4v) is 0.683. The van der Waals surface area contributed by atoms with E-state index in [1.807, 2.05) is 0 Å². The van der Waals surface area contributed by atoms with Gasteiger partial charge in [-0.25, -0.2) is 8.42 Å².